The minimum Gasteiger partial charge on any atom is -1.00 e. The molecule has 1 aromatic heterocycles. The largest absolute Gasteiger partial charge is 1.00 e. The first-order valence-electron chi connectivity index (χ1n) is 13.0. The van der Waals surface area contributed by atoms with Crippen LogP contribution in [-0.2, 0) is 20.4 Å². The zero-order valence-electron chi connectivity index (χ0n) is 24.1. The molecular weight excluding hydrogens is 639 g/mol. The normalized spacial score (nSPS) is 12.2. The molecule has 2 aromatic carbocycles. The SMILES string of the molecule is CC(C)c1cccc(C(C)C)c1N1[CH]N(c2c(C(C)C)cccc2C(C)C)C=C1.Clc1cccnc1.[Cl-].[Cl-].[Pd]. The van der Waals surface area contributed by atoms with E-state index in [0.717, 1.165) is 0 Å². The van der Waals surface area contributed by atoms with Gasteiger partial charge >= 0.3 is 0 Å². The van der Waals surface area contributed by atoms with E-state index in [-0.39, 0.29) is 45.2 Å². The van der Waals surface area contributed by atoms with Crippen molar-refractivity contribution in [3.8, 4) is 0 Å². The Balaban J connectivity index is 0.00000126. The van der Waals surface area contributed by atoms with Gasteiger partial charge in [-0.05, 0) is 58.1 Å². The Morgan fingerprint density at radius 3 is 1.18 bits per heavy atom. The van der Waals surface area contributed by atoms with Crippen LogP contribution >= 0.6 is 11.6 Å². The van der Waals surface area contributed by atoms with E-state index < -0.39 is 0 Å². The number of benzene rings is 2. The van der Waals surface area contributed by atoms with Crippen LogP contribution in [0.3, 0.4) is 0 Å². The van der Waals surface area contributed by atoms with Crippen molar-refractivity contribution in [2.75, 3.05) is 9.80 Å². The van der Waals surface area contributed by atoms with Crippen molar-refractivity contribution < 1.29 is 45.2 Å². The van der Waals surface area contributed by atoms with E-state index in [1.807, 2.05) is 0 Å². The molecule has 3 aromatic rings. The minimum absolute atomic E-state index is 0. The number of hydrogen-bond acceptors (Lipinski definition) is 3. The Morgan fingerprint density at radius 2 is 0.949 bits per heavy atom. The molecule has 0 N–H and O–H groups in total. The van der Waals surface area contributed by atoms with Crippen molar-refractivity contribution in [2.45, 2.75) is 79.1 Å². The molecule has 39 heavy (non-hydrogen) atoms. The molecule has 0 unspecified atom stereocenters. The second-order valence-electron chi connectivity index (χ2n) is 10.6. The summed E-state index contributed by atoms with van der Waals surface area (Å²) >= 11 is 5.48. The molecule has 4 rings (SSSR count). The van der Waals surface area contributed by atoms with Crippen LogP contribution in [0, 0.1) is 6.67 Å². The van der Waals surface area contributed by atoms with E-state index in [1.54, 1.807) is 24.5 Å². The number of hydrogen-bond donors (Lipinski definition) is 0. The third-order valence-corrected chi connectivity index (χ3v) is 6.69. The zero-order chi connectivity index (χ0) is 26.4. The Hall–Kier alpha value is -1.54. The van der Waals surface area contributed by atoms with E-state index in [0.29, 0.717) is 28.7 Å². The fraction of sp³-hybridized carbons (Fsp3) is 0.375. The molecule has 1 aliphatic rings. The third kappa shape index (κ3) is 9.52. The molecule has 0 atom stereocenters. The average Bonchev–Trinajstić information content (AvgIpc) is 3.33. The molecule has 0 fully saturated rings. The first-order valence-corrected chi connectivity index (χ1v) is 13.4. The Labute approximate surface area is 267 Å². The van der Waals surface area contributed by atoms with Crippen molar-refractivity contribution >= 4 is 23.0 Å². The second-order valence-corrected chi connectivity index (χ2v) is 11.0. The van der Waals surface area contributed by atoms with Gasteiger partial charge in [0.25, 0.3) is 0 Å². The van der Waals surface area contributed by atoms with Crippen molar-refractivity contribution in [2.24, 2.45) is 0 Å². The quantitative estimate of drug-likeness (QED) is 0.370. The molecule has 2 heterocycles. The van der Waals surface area contributed by atoms with Gasteiger partial charge in [0.2, 0.25) is 0 Å². The van der Waals surface area contributed by atoms with Gasteiger partial charge in [0.15, 0.2) is 6.67 Å². The second kappa shape index (κ2) is 17.3. The van der Waals surface area contributed by atoms with Gasteiger partial charge in [0.1, 0.15) is 0 Å². The molecule has 0 saturated carbocycles. The van der Waals surface area contributed by atoms with Gasteiger partial charge in [-0.2, -0.15) is 0 Å². The van der Waals surface area contributed by atoms with Crippen LogP contribution in [0.25, 0.3) is 0 Å². The number of aromatic nitrogens is 1. The van der Waals surface area contributed by atoms with E-state index >= 15 is 0 Å². The van der Waals surface area contributed by atoms with Gasteiger partial charge in [0.05, 0.1) is 5.02 Å². The molecule has 217 valence electrons. The van der Waals surface area contributed by atoms with Gasteiger partial charge in [0, 0.05) is 56.6 Å². The summed E-state index contributed by atoms with van der Waals surface area (Å²) < 4.78 is 0. The average molecular weight is 680 g/mol. The maximum Gasteiger partial charge on any atom is 0.150 e. The van der Waals surface area contributed by atoms with E-state index in [9.17, 15) is 0 Å². The van der Waals surface area contributed by atoms with Crippen molar-refractivity contribution in [1.82, 2.24) is 4.98 Å². The van der Waals surface area contributed by atoms with Gasteiger partial charge in [-0.1, -0.05) is 103 Å². The predicted molar refractivity (Wildman–Crippen MR) is 157 cm³/mol. The van der Waals surface area contributed by atoms with E-state index in [4.69, 9.17) is 11.6 Å². The Kier molecular flexibility index (Phi) is 16.6. The topological polar surface area (TPSA) is 19.4 Å². The van der Waals surface area contributed by atoms with Gasteiger partial charge in [-0.3, -0.25) is 4.98 Å². The summed E-state index contributed by atoms with van der Waals surface area (Å²) in [5, 5.41) is 0.683. The molecule has 3 nitrogen and oxygen atoms in total. The van der Waals surface area contributed by atoms with E-state index in [1.165, 1.54) is 33.6 Å². The third-order valence-electron chi connectivity index (χ3n) is 6.46. The summed E-state index contributed by atoms with van der Waals surface area (Å²) in [6, 6.07) is 17.1. The molecule has 0 aliphatic carbocycles. The van der Waals surface area contributed by atoms with Crippen LogP contribution in [0.2, 0.25) is 5.02 Å². The van der Waals surface area contributed by atoms with Gasteiger partial charge in [-0.25, -0.2) is 0 Å². The number of halogens is 3. The maximum atomic E-state index is 5.48. The Bertz CT molecular complexity index is 1040. The predicted octanol–water partition coefficient (Wildman–Crippen LogP) is 3.84. The van der Waals surface area contributed by atoms with Crippen LogP contribution in [-0.4, -0.2) is 4.98 Å². The fourth-order valence-electron chi connectivity index (χ4n) is 4.58. The molecule has 1 aliphatic heterocycles. The van der Waals surface area contributed by atoms with Crippen LogP contribution in [0.1, 0.15) is 101 Å². The molecular formula is C32H41Cl3N3Pd-2. The monoisotopic (exact) mass is 678 g/mol. The van der Waals surface area contributed by atoms with Crippen LogP contribution < -0.4 is 34.6 Å². The van der Waals surface area contributed by atoms with E-state index in [2.05, 4.69) is 126 Å². The van der Waals surface area contributed by atoms with Crippen molar-refractivity contribution in [3.05, 3.63) is 107 Å². The zero-order valence-corrected chi connectivity index (χ0v) is 27.9. The molecule has 7 heteroatoms. The minimum atomic E-state index is 0. The number of rotatable bonds is 6. The Morgan fingerprint density at radius 1 is 0.590 bits per heavy atom. The van der Waals surface area contributed by atoms with Crippen LogP contribution in [0.4, 0.5) is 11.4 Å². The first kappa shape index (κ1) is 37.5. The summed E-state index contributed by atoms with van der Waals surface area (Å²) in [5.41, 5.74) is 8.29. The number of para-hydroxylation sites is 2. The summed E-state index contributed by atoms with van der Waals surface area (Å²) in [5.74, 6) is 1.92. The number of pyridine rings is 1. The summed E-state index contributed by atoms with van der Waals surface area (Å²) in [6.45, 7) is 20.5. The van der Waals surface area contributed by atoms with Crippen LogP contribution in [0.15, 0.2) is 73.3 Å². The van der Waals surface area contributed by atoms with Gasteiger partial charge < -0.3 is 34.6 Å². The van der Waals surface area contributed by atoms with Crippen molar-refractivity contribution in [3.63, 3.8) is 0 Å². The number of anilines is 2. The molecule has 0 bridgehead atoms. The molecule has 0 amide bonds. The first-order chi connectivity index (χ1) is 17.1. The summed E-state index contributed by atoms with van der Waals surface area (Å²) in [6.07, 6.45) is 7.72. The fourth-order valence-corrected chi connectivity index (χ4v) is 4.71. The van der Waals surface area contributed by atoms with Crippen molar-refractivity contribution in [1.29, 1.82) is 0 Å². The molecule has 0 saturated heterocycles. The standard InChI is InChI=1S/C27H37N2.C5H4ClN.2ClH.Pd/c1-18(2)22-11-9-12-23(19(3)4)26(22)28-15-16-29(17-28)27-24(20(5)6)13-10-14-25(27)21(7)8;6-5-2-1-3-7-4-5;;;/h9-21H,1-8H3;1-4H;2*1H;/p-2. The number of nitrogens with zero attached hydrogens (tertiary/aromatic N) is 3. The summed E-state index contributed by atoms with van der Waals surface area (Å²) in [7, 11) is 0. The molecule has 1 radical (unpaired) electrons. The maximum absolute atomic E-state index is 5.48. The summed E-state index contributed by atoms with van der Waals surface area (Å²) in [4.78, 5) is 8.40. The molecule has 0 spiro atoms. The van der Waals surface area contributed by atoms with Gasteiger partial charge in [-0.15, -0.1) is 0 Å². The smallest absolute Gasteiger partial charge is 0.150 e. The van der Waals surface area contributed by atoms with Crippen LogP contribution in [0.5, 0.6) is 0 Å².